The van der Waals surface area contributed by atoms with E-state index in [1.54, 1.807) is 36.1 Å². The average molecular weight is 506 g/mol. The normalized spacial score (nSPS) is 11.4. The number of nitrogens with one attached hydrogen (secondary N) is 2. The molecule has 198 valence electrons. The summed E-state index contributed by atoms with van der Waals surface area (Å²) in [5.41, 5.74) is 4.36. The fraction of sp³-hybridized carbons (Fsp3) is 0.414. The van der Waals surface area contributed by atoms with Crippen molar-refractivity contribution >= 4 is 23.4 Å². The smallest absolute Gasteiger partial charge is 0.322 e. The molecular formula is C29H39N5O3. The van der Waals surface area contributed by atoms with E-state index in [-0.39, 0.29) is 29.8 Å². The van der Waals surface area contributed by atoms with E-state index < -0.39 is 0 Å². The number of carbonyl (C=O) groups excluding carboxylic acids is 2. The van der Waals surface area contributed by atoms with E-state index in [0.717, 1.165) is 22.5 Å². The summed E-state index contributed by atoms with van der Waals surface area (Å²) in [6.45, 7) is 14.7. The number of methoxy groups -OCH3 is 1. The summed E-state index contributed by atoms with van der Waals surface area (Å²) in [5, 5.41) is 10.7. The highest BCUT2D eigenvalue weighted by Crippen LogP contribution is 2.28. The van der Waals surface area contributed by atoms with E-state index in [1.807, 2.05) is 45.9 Å². The summed E-state index contributed by atoms with van der Waals surface area (Å²) in [6.07, 6.45) is 0. The maximum atomic E-state index is 13.2. The average Bonchev–Trinajstić information content (AvgIpc) is 3.22. The molecule has 3 aromatic rings. The maximum absolute atomic E-state index is 13.2. The van der Waals surface area contributed by atoms with Gasteiger partial charge in [0.2, 0.25) is 5.91 Å². The highest BCUT2D eigenvalue weighted by atomic mass is 16.5. The molecule has 0 atom stereocenters. The lowest BCUT2D eigenvalue weighted by atomic mass is 9.92. The summed E-state index contributed by atoms with van der Waals surface area (Å²) >= 11 is 0. The third kappa shape index (κ3) is 7.35. The minimum Gasteiger partial charge on any atom is -0.497 e. The molecule has 0 aliphatic rings. The second kappa shape index (κ2) is 11.5. The first kappa shape index (κ1) is 27.8. The third-order valence-corrected chi connectivity index (χ3v) is 5.85. The fourth-order valence-electron chi connectivity index (χ4n) is 3.98. The predicted octanol–water partition coefficient (Wildman–Crippen LogP) is 5.92. The number of rotatable bonds is 8. The molecule has 0 unspecified atom stereocenters. The SMILES string of the molecule is COc1cccc(NC(=O)N(CC(=O)Nc2cc(C(C)(C)C)nn2-c2ccc(C)cc2C)CC(C)C)c1. The standard InChI is InChI=1S/C29H39N5O3/c1-19(2)17-33(28(36)30-22-10-9-11-23(15-22)37-8)18-27(35)31-26-16-25(29(5,6)7)32-34(26)24-13-12-20(3)14-21(24)4/h9-16,19H,17-18H2,1-8H3,(H,30,36)(H,31,35). The molecule has 3 amide bonds. The van der Waals surface area contributed by atoms with Gasteiger partial charge in [-0.25, -0.2) is 9.48 Å². The van der Waals surface area contributed by atoms with Crippen LogP contribution in [0.4, 0.5) is 16.3 Å². The van der Waals surface area contributed by atoms with Gasteiger partial charge in [-0.05, 0) is 43.5 Å². The van der Waals surface area contributed by atoms with Gasteiger partial charge in [0.05, 0.1) is 18.5 Å². The number of amides is 3. The first-order valence-corrected chi connectivity index (χ1v) is 12.6. The second-order valence-electron chi connectivity index (χ2n) is 10.9. The van der Waals surface area contributed by atoms with Crippen molar-refractivity contribution in [3.8, 4) is 11.4 Å². The number of anilines is 2. The van der Waals surface area contributed by atoms with E-state index in [9.17, 15) is 9.59 Å². The van der Waals surface area contributed by atoms with Crippen molar-refractivity contribution in [2.24, 2.45) is 5.92 Å². The highest BCUT2D eigenvalue weighted by molar-refractivity contribution is 5.97. The van der Waals surface area contributed by atoms with Crippen LogP contribution in [0.2, 0.25) is 0 Å². The van der Waals surface area contributed by atoms with Crippen molar-refractivity contribution in [3.05, 3.63) is 65.4 Å². The largest absolute Gasteiger partial charge is 0.497 e. The van der Waals surface area contributed by atoms with Crippen LogP contribution < -0.4 is 15.4 Å². The summed E-state index contributed by atoms with van der Waals surface area (Å²) in [6, 6.07) is 14.8. The fourth-order valence-corrected chi connectivity index (χ4v) is 3.98. The van der Waals surface area contributed by atoms with E-state index in [1.165, 1.54) is 4.90 Å². The number of aryl methyl sites for hydroxylation is 2. The van der Waals surface area contributed by atoms with E-state index in [4.69, 9.17) is 9.84 Å². The minimum absolute atomic E-state index is 0.100. The molecule has 37 heavy (non-hydrogen) atoms. The van der Waals surface area contributed by atoms with E-state index >= 15 is 0 Å². The summed E-state index contributed by atoms with van der Waals surface area (Å²) in [5.74, 6) is 1.09. The molecule has 8 nitrogen and oxygen atoms in total. The number of benzene rings is 2. The number of carbonyl (C=O) groups is 2. The molecule has 0 aliphatic heterocycles. The molecule has 0 fully saturated rings. The van der Waals surface area contributed by atoms with E-state index in [0.29, 0.717) is 23.8 Å². The molecule has 1 heterocycles. The zero-order chi connectivity index (χ0) is 27.3. The second-order valence-corrected chi connectivity index (χ2v) is 10.9. The van der Waals surface area contributed by atoms with Gasteiger partial charge >= 0.3 is 6.03 Å². The third-order valence-electron chi connectivity index (χ3n) is 5.85. The van der Waals surface area contributed by atoms with Crippen LogP contribution in [0.25, 0.3) is 5.69 Å². The lowest BCUT2D eigenvalue weighted by molar-refractivity contribution is -0.116. The van der Waals surface area contributed by atoms with Gasteiger partial charge in [0.15, 0.2) is 0 Å². The number of ether oxygens (including phenoxy) is 1. The predicted molar refractivity (Wildman–Crippen MR) is 149 cm³/mol. The van der Waals surface area contributed by atoms with Gasteiger partial charge in [-0.2, -0.15) is 5.10 Å². The maximum Gasteiger partial charge on any atom is 0.322 e. The van der Waals surface area contributed by atoms with Crippen LogP contribution >= 0.6 is 0 Å². The quantitative estimate of drug-likeness (QED) is 0.397. The molecule has 2 aromatic carbocycles. The van der Waals surface area contributed by atoms with Crippen LogP contribution in [-0.4, -0.2) is 46.8 Å². The van der Waals surface area contributed by atoms with Gasteiger partial charge in [0.1, 0.15) is 18.1 Å². The monoisotopic (exact) mass is 505 g/mol. The van der Waals surface area contributed by atoms with E-state index in [2.05, 4.69) is 37.5 Å². The number of nitrogens with zero attached hydrogens (tertiary/aromatic N) is 3. The van der Waals surface area contributed by atoms with Crippen molar-refractivity contribution in [2.45, 2.75) is 53.9 Å². The Kier molecular flexibility index (Phi) is 8.63. The zero-order valence-electron chi connectivity index (χ0n) is 23.2. The topological polar surface area (TPSA) is 88.5 Å². The Morgan fingerprint density at radius 1 is 1.05 bits per heavy atom. The molecule has 0 saturated heterocycles. The molecule has 3 rings (SSSR count). The van der Waals surface area contributed by atoms with Gasteiger partial charge < -0.3 is 20.3 Å². The van der Waals surface area contributed by atoms with Gasteiger partial charge in [-0.15, -0.1) is 0 Å². The first-order valence-electron chi connectivity index (χ1n) is 12.6. The summed E-state index contributed by atoms with van der Waals surface area (Å²) in [4.78, 5) is 27.9. The Bertz CT molecular complexity index is 1260. The van der Waals surface area contributed by atoms with Gasteiger partial charge in [0.25, 0.3) is 0 Å². The van der Waals surface area contributed by atoms with Crippen molar-refractivity contribution in [1.82, 2.24) is 14.7 Å². The van der Waals surface area contributed by atoms with Gasteiger partial charge in [-0.1, -0.05) is 58.4 Å². The first-order chi connectivity index (χ1) is 17.4. The Balaban J connectivity index is 1.84. The number of hydrogen-bond donors (Lipinski definition) is 2. The zero-order valence-corrected chi connectivity index (χ0v) is 23.2. The molecule has 0 bridgehead atoms. The summed E-state index contributed by atoms with van der Waals surface area (Å²) in [7, 11) is 1.57. The molecule has 0 aliphatic carbocycles. The van der Waals surface area contributed by atoms with Crippen LogP contribution in [-0.2, 0) is 10.2 Å². The Hall–Kier alpha value is -3.81. The van der Waals surface area contributed by atoms with Crippen LogP contribution in [0.3, 0.4) is 0 Å². The van der Waals surface area contributed by atoms with Crippen molar-refractivity contribution < 1.29 is 14.3 Å². The van der Waals surface area contributed by atoms with Gasteiger partial charge in [0, 0.05) is 29.8 Å². The molecule has 2 N–H and O–H groups in total. The van der Waals surface area contributed by atoms with Crippen molar-refractivity contribution in [3.63, 3.8) is 0 Å². The van der Waals surface area contributed by atoms with Crippen molar-refractivity contribution in [1.29, 1.82) is 0 Å². The Morgan fingerprint density at radius 2 is 1.78 bits per heavy atom. The molecule has 0 radical (unpaired) electrons. The molecule has 0 saturated carbocycles. The molecule has 8 heteroatoms. The summed E-state index contributed by atoms with van der Waals surface area (Å²) < 4.78 is 7.02. The number of aromatic nitrogens is 2. The number of urea groups is 1. The molecule has 0 spiro atoms. The number of hydrogen-bond acceptors (Lipinski definition) is 4. The van der Waals surface area contributed by atoms with Crippen LogP contribution in [0.15, 0.2) is 48.5 Å². The lowest BCUT2D eigenvalue weighted by Crippen LogP contribution is -2.42. The van der Waals surface area contributed by atoms with Crippen LogP contribution in [0.5, 0.6) is 5.75 Å². The lowest BCUT2D eigenvalue weighted by Gasteiger charge is -2.24. The highest BCUT2D eigenvalue weighted by Gasteiger charge is 2.24. The van der Waals surface area contributed by atoms with Crippen LogP contribution in [0, 0.1) is 19.8 Å². The molecule has 1 aromatic heterocycles. The Labute approximate surface area is 220 Å². The molecular weight excluding hydrogens is 466 g/mol. The van der Waals surface area contributed by atoms with Crippen molar-refractivity contribution in [2.75, 3.05) is 30.8 Å². The minimum atomic E-state index is -0.352. The van der Waals surface area contributed by atoms with Gasteiger partial charge in [-0.3, -0.25) is 4.79 Å². The van der Waals surface area contributed by atoms with Crippen LogP contribution in [0.1, 0.15) is 51.4 Å². The Morgan fingerprint density at radius 3 is 2.41 bits per heavy atom.